The maximum Gasteiger partial charge on any atom is 0.188 e. The summed E-state index contributed by atoms with van der Waals surface area (Å²) in [5.74, 6) is 1.37. The van der Waals surface area contributed by atoms with Gasteiger partial charge in [-0.2, -0.15) is 5.10 Å². The molecule has 34 heavy (non-hydrogen) atoms. The minimum absolute atomic E-state index is 0.0231. The fraction of sp³-hybridized carbons (Fsp3) is 0.519. The van der Waals surface area contributed by atoms with Crippen molar-refractivity contribution in [3.63, 3.8) is 0 Å². The van der Waals surface area contributed by atoms with E-state index >= 15 is 0 Å². The van der Waals surface area contributed by atoms with Crippen LogP contribution in [0, 0.1) is 17.8 Å². The first kappa shape index (κ1) is 26.5. The van der Waals surface area contributed by atoms with Crippen molar-refractivity contribution in [1.29, 1.82) is 0 Å². The number of Topliss-reactive ketones (excluding diaryl/α,β-unsaturated/α-hetero) is 1. The van der Waals surface area contributed by atoms with Crippen molar-refractivity contribution >= 4 is 51.4 Å². The van der Waals surface area contributed by atoms with Crippen molar-refractivity contribution in [2.45, 2.75) is 67.2 Å². The van der Waals surface area contributed by atoms with Gasteiger partial charge in [0.1, 0.15) is 5.16 Å². The maximum atomic E-state index is 13.2. The molecule has 0 spiro atoms. The number of aromatic amines is 1. The van der Waals surface area contributed by atoms with Gasteiger partial charge in [0.05, 0.1) is 12.1 Å². The third-order valence-electron chi connectivity index (χ3n) is 6.69. The minimum atomic E-state index is -0.167. The number of aromatic nitrogens is 2. The smallest absolute Gasteiger partial charge is 0.188 e. The van der Waals surface area contributed by atoms with Crippen molar-refractivity contribution in [3.05, 3.63) is 45.1 Å². The summed E-state index contributed by atoms with van der Waals surface area (Å²) < 4.78 is 0. The van der Waals surface area contributed by atoms with Gasteiger partial charge in [-0.15, -0.1) is 0 Å². The molecule has 3 rings (SSSR count). The molecule has 1 aromatic carbocycles. The summed E-state index contributed by atoms with van der Waals surface area (Å²) in [5.41, 5.74) is 3.95. The maximum absolute atomic E-state index is 13.2. The van der Waals surface area contributed by atoms with Gasteiger partial charge in [0.25, 0.3) is 0 Å². The number of anilines is 1. The molecule has 1 aliphatic rings. The molecule has 0 aliphatic carbocycles. The lowest BCUT2D eigenvalue weighted by molar-refractivity contribution is -0.112. The van der Waals surface area contributed by atoms with Gasteiger partial charge in [-0.3, -0.25) is 9.89 Å². The van der Waals surface area contributed by atoms with E-state index in [1.165, 1.54) is 0 Å². The van der Waals surface area contributed by atoms with Crippen LogP contribution < -0.4 is 5.32 Å². The van der Waals surface area contributed by atoms with Crippen molar-refractivity contribution in [2.75, 3.05) is 11.9 Å². The van der Waals surface area contributed by atoms with E-state index in [1.807, 2.05) is 19.9 Å². The van der Waals surface area contributed by atoms with Crippen LogP contribution in [0.1, 0.15) is 67.4 Å². The SMILES string of the molecule is CC[C@@H](/C=C(\C)C(=O)C1=C(Cl)N=C(CNc2n[nH]c3cc(Cl)c(C(C)(C)C)cc23)C1C)C(C)C. The van der Waals surface area contributed by atoms with Crippen molar-refractivity contribution < 1.29 is 4.79 Å². The molecule has 184 valence electrons. The molecule has 0 radical (unpaired) electrons. The van der Waals surface area contributed by atoms with Crippen molar-refractivity contribution in [3.8, 4) is 0 Å². The number of allylic oxidation sites excluding steroid dienone is 3. The lowest BCUT2D eigenvalue weighted by atomic mass is 9.86. The zero-order valence-electron chi connectivity index (χ0n) is 21.4. The highest BCUT2D eigenvalue weighted by atomic mass is 35.5. The van der Waals surface area contributed by atoms with E-state index in [0.29, 0.717) is 29.0 Å². The second-order valence-corrected chi connectivity index (χ2v) is 11.3. The van der Waals surface area contributed by atoms with Gasteiger partial charge in [0, 0.05) is 27.6 Å². The number of hydrogen-bond donors (Lipinski definition) is 2. The Kier molecular flexibility index (Phi) is 7.99. The molecule has 0 saturated carbocycles. The van der Waals surface area contributed by atoms with Gasteiger partial charge in [-0.25, -0.2) is 4.99 Å². The molecular formula is C27H36Cl2N4O. The highest BCUT2D eigenvalue weighted by Crippen LogP contribution is 2.35. The molecule has 2 atom stereocenters. The Morgan fingerprint density at radius 2 is 1.94 bits per heavy atom. The molecule has 1 unspecified atom stereocenters. The molecule has 1 aliphatic heterocycles. The Bertz CT molecular complexity index is 1180. The van der Waals surface area contributed by atoms with E-state index in [-0.39, 0.29) is 22.3 Å². The molecule has 2 N–H and O–H groups in total. The number of benzene rings is 1. The molecule has 1 aromatic heterocycles. The summed E-state index contributed by atoms with van der Waals surface area (Å²) in [6.45, 7) is 17.2. The predicted molar refractivity (Wildman–Crippen MR) is 145 cm³/mol. The van der Waals surface area contributed by atoms with Crippen molar-refractivity contribution in [1.82, 2.24) is 10.2 Å². The van der Waals surface area contributed by atoms with E-state index < -0.39 is 0 Å². The number of hydrogen-bond acceptors (Lipinski definition) is 4. The van der Waals surface area contributed by atoms with Crippen LogP contribution in [-0.2, 0) is 10.2 Å². The highest BCUT2D eigenvalue weighted by Gasteiger charge is 2.31. The second-order valence-electron chi connectivity index (χ2n) is 10.6. The molecule has 5 nitrogen and oxygen atoms in total. The fourth-order valence-electron chi connectivity index (χ4n) is 4.42. The summed E-state index contributed by atoms with van der Waals surface area (Å²) in [6, 6.07) is 3.99. The van der Waals surface area contributed by atoms with Crippen LogP contribution in [0.3, 0.4) is 0 Å². The Morgan fingerprint density at radius 1 is 1.26 bits per heavy atom. The molecule has 0 fully saturated rings. The standard InChI is InChI=1S/C27H36Cl2N4O/c1-9-17(14(2)3)10-15(4)24(34)23-16(5)22(31-25(23)29)13-30-26-18-11-19(27(6,7)8)20(28)12-21(18)32-33-26/h10-12,14,16-17H,9,13H2,1-8H3,(H2,30,32,33)/b15-10+/t16?,17-/m0/s1. The number of carbonyl (C=O) groups is 1. The van der Waals surface area contributed by atoms with Gasteiger partial charge in [-0.1, -0.05) is 77.7 Å². The number of fused-ring (bicyclic) bond motifs is 1. The Balaban J connectivity index is 1.77. The number of nitrogens with zero attached hydrogens (tertiary/aromatic N) is 2. The first-order valence-corrected chi connectivity index (χ1v) is 12.7. The third-order valence-corrected chi connectivity index (χ3v) is 7.29. The average Bonchev–Trinajstić information content (AvgIpc) is 3.27. The molecule has 0 bridgehead atoms. The Hall–Kier alpha value is -2.11. The summed E-state index contributed by atoms with van der Waals surface area (Å²) in [6.07, 6.45) is 3.08. The monoisotopic (exact) mass is 502 g/mol. The van der Waals surface area contributed by atoms with Crippen LogP contribution in [0.4, 0.5) is 5.82 Å². The Morgan fingerprint density at radius 3 is 2.53 bits per heavy atom. The summed E-state index contributed by atoms with van der Waals surface area (Å²) in [5, 5.41) is 12.8. The normalized spacial score (nSPS) is 18.1. The van der Waals surface area contributed by atoms with Gasteiger partial charge < -0.3 is 5.32 Å². The number of H-pyrrole nitrogens is 1. The lowest BCUT2D eigenvalue weighted by Gasteiger charge is -2.20. The van der Waals surface area contributed by atoms with Crippen molar-refractivity contribution in [2.24, 2.45) is 22.7 Å². The predicted octanol–water partition coefficient (Wildman–Crippen LogP) is 7.66. The van der Waals surface area contributed by atoms with Crippen LogP contribution in [0.15, 0.2) is 39.5 Å². The first-order valence-electron chi connectivity index (χ1n) is 12.0. The van der Waals surface area contributed by atoms with Gasteiger partial charge in [-0.05, 0) is 53.9 Å². The first-order chi connectivity index (χ1) is 15.8. The topological polar surface area (TPSA) is 70.1 Å². The van der Waals surface area contributed by atoms with E-state index in [2.05, 4.69) is 74.2 Å². The summed E-state index contributed by atoms with van der Waals surface area (Å²) in [7, 11) is 0. The minimum Gasteiger partial charge on any atom is -0.363 e. The second kappa shape index (κ2) is 10.2. The highest BCUT2D eigenvalue weighted by molar-refractivity contribution is 6.35. The molecule has 2 aromatic rings. The molecule has 0 saturated heterocycles. The molecule has 2 heterocycles. The molecule has 7 heteroatoms. The lowest BCUT2D eigenvalue weighted by Crippen LogP contribution is -2.23. The number of rotatable bonds is 8. The zero-order valence-corrected chi connectivity index (χ0v) is 22.9. The van der Waals surface area contributed by atoms with E-state index in [9.17, 15) is 4.79 Å². The molecular weight excluding hydrogens is 467 g/mol. The van der Waals surface area contributed by atoms with Gasteiger partial charge in [0.2, 0.25) is 0 Å². The van der Waals surface area contributed by atoms with E-state index in [0.717, 1.165) is 40.0 Å². The molecule has 0 amide bonds. The quantitative estimate of drug-likeness (QED) is 0.287. The van der Waals surface area contributed by atoms with Crippen LogP contribution in [-0.4, -0.2) is 28.2 Å². The number of ketones is 1. The third kappa shape index (κ3) is 5.41. The van der Waals surface area contributed by atoms with E-state index in [4.69, 9.17) is 23.2 Å². The van der Waals surface area contributed by atoms with Crippen LogP contribution in [0.25, 0.3) is 10.9 Å². The number of aliphatic imine (C=N–C) groups is 1. The number of nitrogens with one attached hydrogen (secondary N) is 2. The Labute approximate surface area is 213 Å². The summed E-state index contributed by atoms with van der Waals surface area (Å²) >= 11 is 13.0. The van der Waals surface area contributed by atoms with E-state index in [1.54, 1.807) is 0 Å². The van der Waals surface area contributed by atoms with Crippen LogP contribution >= 0.6 is 23.2 Å². The van der Waals surface area contributed by atoms with Gasteiger partial charge >= 0.3 is 0 Å². The van der Waals surface area contributed by atoms with Gasteiger partial charge in [0.15, 0.2) is 11.6 Å². The number of halogens is 2. The van der Waals surface area contributed by atoms with Crippen LogP contribution in [0.5, 0.6) is 0 Å². The van der Waals surface area contributed by atoms with Crippen LogP contribution in [0.2, 0.25) is 5.02 Å². The average molecular weight is 504 g/mol. The number of carbonyl (C=O) groups excluding carboxylic acids is 1. The summed E-state index contributed by atoms with van der Waals surface area (Å²) in [4.78, 5) is 17.8. The zero-order chi connectivity index (χ0) is 25.4. The fourth-order valence-corrected chi connectivity index (χ4v) is 5.23. The largest absolute Gasteiger partial charge is 0.363 e.